The number of nitrogens with one attached hydrogen (secondary N) is 1. The van der Waals surface area contributed by atoms with E-state index < -0.39 is 5.95 Å². The second-order valence-electron chi connectivity index (χ2n) is 4.27. The highest BCUT2D eigenvalue weighted by Crippen LogP contribution is 2.21. The van der Waals surface area contributed by atoms with Crippen LogP contribution in [0.25, 0.3) is 0 Å². The van der Waals surface area contributed by atoms with E-state index in [4.69, 9.17) is 4.74 Å². The van der Waals surface area contributed by atoms with Crippen LogP contribution in [0.15, 0.2) is 12.3 Å². The van der Waals surface area contributed by atoms with E-state index in [9.17, 15) is 4.39 Å². The Morgan fingerprint density at radius 1 is 1.65 bits per heavy atom. The van der Waals surface area contributed by atoms with Crippen molar-refractivity contribution in [2.45, 2.75) is 19.4 Å². The number of likely N-dealkylation sites (tertiary alicyclic amines) is 1. The van der Waals surface area contributed by atoms with E-state index in [0.29, 0.717) is 30.6 Å². The third-order valence-corrected chi connectivity index (χ3v) is 3.06. The van der Waals surface area contributed by atoms with Crippen LogP contribution in [0.4, 0.5) is 10.1 Å². The molecular weight excluding hydrogens is 221 g/mol. The van der Waals surface area contributed by atoms with Gasteiger partial charge in [-0.1, -0.05) is 0 Å². The predicted octanol–water partition coefficient (Wildman–Crippen LogP) is 1.74. The minimum absolute atomic E-state index is 0.395. The number of halogens is 1. The van der Waals surface area contributed by atoms with E-state index in [1.54, 1.807) is 6.07 Å². The predicted molar refractivity (Wildman–Crippen MR) is 64.9 cm³/mol. The summed E-state index contributed by atoms with van der Waals surface area (Å²) in [5.41, 5.74) is 0.395. The van der Waals surface area contributed by atoms with Crippen molar-refractivity contribution < 1.29 is 9.13 Å². The second kappa shape index (κ2) is 5.31. The fraction of sp³-hybridized carbons (Fsp3) is 0.583. The molecule has 0 bridgehead atoms. The maximum atomic E-state index is 13.3. The lowest BCUT2D eigenvalue weighted by Crippen LogP contribution is -2.48. The summed E-state index contributed by atoms with van der Waals surface area (Å²) in [6.07, 6.45) is 2.58. The number of ether oxygens (including phenoxy) is 1. The average molecular weight is 239 g/mol. The molecule has 1 N–H and O–H groups in total. The fourth-order valence-electron chi connectivity index (χ4n) is 1.80. The van der Waals surface area contributed by atoms with Gasteiger partial charge < -0.3 is 10.1 Å². The Kier molecular flexibility index (Phi) is 3.78. The molecule has 2 rings (SSSR count). The Hall–Kier alpha value is -1.36. The van der Waals surface area contributed by atoms with Crippen LogP contribution in [-0.2, 0) is 0 Å². The summed E-state index contributed by atoms with van der Waals surface area (Å²) in [7, 11) is 2.07. The van der Waals surface area contributed by atoms with Crippen LogP contribution in [0.3, 0.4) is 0 Å². The van der Waals surface area contributed by atoms with Gasteiger partial charge in [0.05, 0.1) is 11.9 Å². The quantitative estimate of drug-likeness (QED) is 0.794. The lowest BCUT2D eigenvalue weighted by atomic mass is 10.1. The van der Waals surface area contributed by atoms with Crippen LogP contribution in [0, 0.1) is 5.95 Å². The Morgan fingerprint density at radius 3 is 3.06 bits per heavy atom. The third-order valence-electron chi connectivity index (χ3n) is 3.06. The molecule has 1 aromatic rings. The number of aromatic nitrogens is 1. The average Bonchev–Trinajstić information content (AvgIpc) is 2.32. The molecule has 1 atom stereocenters. The van der Waals surface area contributed by atoms with Gasteiger partial charge >= 0.3 is 0 Å². The molecule has 1 aliphatic rings. The molecule has 0 aromatic carbocycles. The molecule has 1 aromatic heterocycles. The first-order valence-corrected chi connectivity index (χ1v) is 5.93. The molecule has 1 aliphatic heterocycles. The first kappa shape index (κ1) is 12.1. The number of nitrogens with zero attached hydrogens (tertiary/aromatic N) is 2. The summed E-state index contributed by atoms with van der Waals surface area (Å²) in [4.78, 5) is 5.91. The normalized spacial score (nSPS) is 19.8. The molecule has 0 amide bonds. The lowest BCUT2D eigenvalue weighted by Gasteiger charge is -2.37. The van der Waals surface area contributed by atoms with E-state index >= 15 is 0 Å². The van der Waals surface area contributed by atoms with Crippen LogP contribution in [0.5, 0.6) is 5.75 Å². The van der Waals surface area contributed by atoms with Gasteiger partial charge in [0.25, 0.3) is 0 Å². The molecule has 0 radical (unpaired) electrons. The zero-order valence-corrected chi connectivity index (χ0v) is 10.2. The smallest absolute Gasteiger partial charge is 0.236 e. The molecule has 1 saturated heterocycles. The second-order valence-corrected chi connectivity index (χ2v) is 4.27. The summed E-state index contributed by atoms with van der Waals surface area (Å²) >= 11 is 0. The van der Waals surface area contributed by atoms with E-state index in [1.807, 2.05) is 6.92 Å². The molecule has 0 unspecified atom stereocenters. The molecule has 5 heteroatoms. The largest absolute Gasteiger partial charge is 0.490 e. The summed E-state index contributed by atoms with van der Waals surface area (Å²) in [6.45, 7) is 4.33. The Labute approximate surface area is 101 Å². The van der Waals surface area contributed by atoms with E-state index in [2.05, 4.69) is 22.2 Å². The third kappa shape index (κ3) is 2.85. The molecule has 1 fully saturated rings. The highest BCUT2D eigenvalue weighted by molar-refractivity contribution is 5.46. The molecule has 17 heavy (non-hydrogen) atoms. The van der Waals surface area contributed by atoms with Gasteiger partial charge in [-0.2, -0.15) is 4.39 Å². The van der Waals surface area contributed by atoms with Gasteiger partial charge in [0, 0.05) is 18.7 Å². The van der Waals surface area contributed by atoms with E-state index in [1.165, 1.54) is 6.20 Å². The Bertz CT molecular complexity index is 386. The lowest BCUT2D eigenvalue weighted by molar-refractivity contribution is 0.0767. The maximum absolute atomic E-state index is 13.3. The number of hydrogen-bond donors (Lipinski definition) is 1. The van der Waals surface area contributed by atoms with Gasteiger partial charge in [-0.05, 0) is 26.9 Å². The first-order chi connectivity index (χ1) is 8.20. The zero-order chi connectivity index (χ0) is 12.3. The minimum atomic E-state index is -0.486. The molecule has 94 valence electrons. The minimum Gasteiger partial charge on any atom is -0.490 e. The van der Waals surface area contributed by atoms with E-state index in [-0.39, 0.29) is 0 Å². The van der Waals surface area contributed by atoms with Crippen molar-refractivity contribution >= 4 is 5.69 Å². The van der Waals surface area contributed by atoms with Gasteiger partial charge in [0.15, 0.2) is 0 Å². The molecular formula is C12H18FN3O. The summed E-state index contributed by atoms with van der Waals surface area (Å²) < 4.78 is 18.9. The summed E-state index contributed by atoms with van der Waals surface area (Å²) in [5, 5.41) is 2.91. The van der Waals surface area contributed by atoms with Crippen molar-refractivity contribution in [1.29, 1.82) is 0 Å². The van der Waals surface area contributed by atoms with Crippen LogP contribution in [0.2, 0.25) is 0 Å². The van der Waals surface area contributed by atoms with Crippen molar-refractivity contribution in [2.75, 3.05) is 32.1 Å². The van der Waals surface area contributed by atoms with Crippen LogP contribution >= 0.6 is 0 Å². The molecule has 2 heterocycles. The molecule has 0 aliphatic carbocycles. The van der Waals surface area contributed by atoms with Crippen molar-refractivity contribution in [2.24, 2.45) is 0 Å². The number of rotatable bonds is 5. The summed E-state index contributed by atoms with van der Waals surface area (Å²) in [5.74, 6) is 0.127. The molecule has 0 spiro atoms. The SMILES string of the molecule is CCNc1cc(OC[C@@H]2CCN2C)cnc1F. The molecule has 4 nitrogen and oxygen atoms in total. The monoisotopic (exact) mass is 239 g/mol. The summed E-state index contributed by atoms with van der Waals surface area (Å²) in [6, 6.07) is 2.13. The van der Waals surface area contributed by atoms with Crippen molar-refractivity contribution in [3.63, 3.8) is 0 Å². The topological polar surface area (TPSA) is 37.4 Å². The maximum Gasteiger partial charge on any atom is 0.236 e. The Morgan fingerprint density at radius 2 is 2.47 bits per heavy atom. The van der Waals surface area contributed by atoms with Crippen LogP contribution in [0.1, 0.15) is 13.3 Å². The van der Waals surface area contributed by atoms with E-state index in [0.717, 1.165) is 13.0 Å². The van der Waals surface area contributed by atoms with Gasteiger partial charge in [-0.25, -0.2) is 4.98 Å². The molecule has 0 saturated carbocycles. The highest BCUT2D eigenvalue weighted by Gasteiger charge is 2.24. The first-order valence-electron chi connectivity index (χ1n) is 5.93. The standard InChI is InChI=1S/C12H18FN3O/c1-3-14-11-6-10(7-15-12(11)13)17-8-9-4-5-16(9)2/h6-7,9,14H,3-5,8H2,1-2H3/t9-/m0/s1. The van der Waals surface area contributed by atoms with Gasteiger partial charge in [0.1, 0.15) is 12.4 Å². The van der Waals surface area contributed by atoms with Crippen molar-refractivity contribution in [3.8, 4) is 5.75 Å². The van der Waals surface area contributed by atoms with Crippen LogP contribution in [-0.4, -0.2) is 42.7 Å². The number of anilines is 1. The van der Waals surface area contributed by atoms with Gasteiger partial charge in [-0.15, -0.1) is 0 Å². The fourth-order valence-corrected chi connectivity index (χ4v) is 1.80. The number of likely N-dealkylation sites (N-methyl/N-ethyl adjacent to an activating group) is 1. The Balaban J connectivity index is 1.93. The highest BCUT2D eigenvalue weighted by atomic mass is 19.1. The van der Waals surface area contributed by atoms with Gasteiger partial charge in [-0.3, -0.25) is 4.90 Å². The van der Waals surface area contributed by atoms with Gasteiger partial charge in [0.2, 0.25) is 5.95 Å². The zero-order valence-electron chi connectivity index (χ0n) is 10.2. The number of pyridine rings is 1. The number of hydrogen-bond acceptors (Lipinski definition) is 4. The van der Waals surface area contributed by atoms with Crippen molar-refractivity contribution in [3.05, 3.63) is 18.2 Å². The van der Waals surface area contributed by atoms with Crippen molar-refractivity contribution in [1.82, 2.24) is 9.88 Å². The van der Waals surface area contributed by atoms with Crippen LogP contribution < -0.4 is 10.1 Å².